The number of nitrogens with zero attached hydrogens (tertiary/aromatic N) is 2. The molecule has 0 radical (unpaired) electrons. The summed E-state index contributed by atoms with van der Waals surface area (Å²) in [5, 5.41) is 7.69. The van der Waals surface area contributed by atoms with Gasteiger partial charge in [-0.3, -0.25) is 0 Å². The summed E-state index contributed by atoms with van der Waals surface area (Å²) in [5.41, 5.74) is 15.4. The van der Waals surface area contributed by atoms with Gasteiger partial charge in [0.25, 0.3) is 0 Å². The van der Waals surface area contributed by atoms with Crippen molar-refractivity contribution < 1.29 is 0 Å². The zero-order valence-corrected chi connectivity index (χ0v) is 32.5. The Hall–Kier alpha value is -6.38. The maximum absolute atomic E-state index is 2.59. The van der Waals surface area contributed by atoms with Gasteiger partial charge in [0.1, 0.15) is 0 Å². The largest absolute Gasteiger partial charge is 0.309 e. The molecule has 0 spiro atoms. The minimum atomic E-state index is 0.0356. The van der Waals surface area contributed by atoms with Crippen molar-refractivity contribution in [3.8, 4) is 33.6 Å². The van der Waals surface area contributed by atoms with Gasteiger partial charge in [0.05, 0.1) is 27.8 Å². The van der Waals surface area contributed by atoms with Crippen LogP contribution in [0.5, 0.6) is 0 Å². The summed E-state index contributed by atoms with van der Waals surface area (Å²) >= 11 is 0. The van der Waals surface area contributed by atoms with E-state index in [1.165, 1.54) is 106 Å². The van der Waals surface area contributed by atoms with Gasteiger partial charge in [-0.2, -0.15) is 0 Å². The number of para-hydroxylation sites is 1. The summed E-state index contributed by atoms with van der Waals surface area (Å²) in [5.74, 6) is 0. The number of fused-ring (bicyclic) bond motifs is 10. The second-order valence-corrected chi connectivity index (χ2v) is 17.2. The molecule has 0 aliphatic heterocycles. The van der Waals surface area contributed by atoms with Gasteiger partial charge in [-0.1, -0.05) is 155 Å². The van der Waals surface area contributed by atoms with Gasteiger partial charge in [-0.15, -0.1) is 0 Å². The van der Waals surface area contributed by atoms with Crippen LogP contribution in [0.1, 0.15) is 51.7 Å². The molecular weight excluding hydrogens is 677 g/mol. The minimum Gasteiger partial charge on any atom is -0.309 e. The molecule has 0 saturated carbocycles. The predicted molar refractivity (Wildman–Crippen MR) is 239 cm³/mol. The molecule has 0 bridgehead atoms. The van der Waals surface area contributed by atoms with Crippen molar-refractivity contribution in [2.45, 2.75) is 51.4 Å². The molecule has 1 aliphatic rings. The van der Waals surface area contributed by atoms with Gasteiger partial charge in [0, 0.05) is 32.8 Å². The van der Waals surface area contributed by atoms with Crippen LogP contribution in [0.3, 0.4) is 0 Å². The monoisotopic (exact) mass is 720 g/mol. The summed E-state index contributed by atoms with van der Waals surface area (Å²) in [7, 11) is 0. The van der Waals surface area contributed by atoms with Crippen LogP contribution in [0.2, 0.25) is 0 Å². The van der Waals surface area contributed by atoms with Crippen molar-refractivity contribution in [3.05, 3.63) is 181 Å². The summed E-state index contributed by atoms with van der Waals surface area (Å²) in [4.78, 5) is 0. The van der Waals surface area contributed by atoms with E-state index in [1.54, 1.807) is 0 Å². The Kier molecular flexibility index (Phi) is 7.11. The standard InChI is InChI=1S/C54H44N2/c1-53(2)30-31-54(3,4)51-45(53)27-26-41-43-33-49-44(34-48(43)55(52(41)51)39-21-12-7-13-22-39)50-40-23-15-14-20-37(40)24-29-47(50)56(49)46-28-25-38(35-16-8-5-9-17-35)32-42(46)36-18-10-6-11-19-36/h5-29,32-34H,30-31H2,1-4H3. The number of hydrogen-bond acceptors (Lipinski definition) is 0. The molecule has 0 N–H and O–H groups in total. The highest BCUT2D eigenvalue weighted by Gasteiger charge is 2.39. The first kappa shape index (κ1) is 33.0. The highest BCUT2D eigenvalue weighted by molar-refractivity contribution is 6.25. The summed E-state index contributed by atoms with van der Waals surface area (Å²) in [6.07, 6.45) is 2.34. The first-order chi connectivity index (χ1) is 27.3. The third-order valence-electron chi connectivity index (χ3n) is 12.9. The highest BCUT2D eigenvalue weighted by Crippen LogP contribution is 2.51. The zero-order valence-electron chi connectivity index (χ0n) is 32.5. The molecule has 0 amide bonds. The second-order valence-electron chi connectivity index (χ2n) is 17.2. The van der Waals surface area contributed by atoms with Crippen LogP contribution in [0.15, 0.2) is 170 Å². The van der Waals surface area contributed by atoms with Crippen LogP contribution < -0.4 is 0 Å². The van der Waals surface area contributed by atoms with E-state index >= 15 is 0 Å². The lowest BCUT2D eigenvalue weighted by molar-refractivity contribution is 0.334. The zero-order chi connectivity index (χ0) is 37.8. The Bertz CT molecular complexity index is 3160. The molecule has 2 aromatic heterocycles. The lowest BCUT2D eigenvalue weighted by Gasteiger charge is -2.42. The van der Waals surface area contributed by atoms with Crippen molar-refractivity contribution in [2.75, 3.05) is 0 Å². The number of benzene rings is 8. The molecule has 11 rings (SSSR count). The molecule has 2 heterocycles. The molecule has 0 atom stereocenters. The number of aromatic nitrogens is 2. The molecular formula is C54H44N2. The van der Waals surface area contributed by atoms with Gasteiger partial charge in [0.15, 0.2) is 0 Å². The topological polar surface area (TPSA) is 9.86 Å². The second kappa shape index (κ2) is 12.1. The molecule has 0 fully saturated rings. The van der Waals surface area contributed by atoms with Crippen molar-refractivity contribution in [1.82, 2.24) is 9.13 Å². The van der Waals surface area contributed by atoms with E-state index < -0.39 is 0 Å². The van der Waals surface area contributed by atoms with Gasteiger partial charge in [-0.25, -0.2) is 0 Å². The highest BCUT2D eigenvalue weighted by atomic mass is 15.0. The maximum atomic E-state index is 2.59. The van der Waals surface area contributed by atoms with Crippen molar-refractivity contribution >= 4 is 54.4 Å². The average molecular weight is 721 g/mol. The van der Waals surface area contributed by atoms with E-state index in [0.717, 1.165) is 6.42 Å². The molecule has 2 nitrogen and oxygen atoms in total. The Balaban J connectivity index is 1.33. The Morgan fingerprint density at radius 3 is 1.84 bits per heavy atom. The van der Waals surface area contributed by atoms with Crippen LogP contribution in [0.4, 0.5) is 0 Å². The first-order valence-corrected chi connectivity index (χ1v) is 20.1. The first-order valence-electron chi connectivity index (χ1n) is 20.1. The van der Waals surface area contributed by atoms with Gasteiger partial charge in [-0.05, 0) is 105 Å². The normalized spacial score (nSPS) is 14.9. The molecule has 270 valence electrons. The van der Waals surface area contributed by atoms with Gasteiger partial charge < -0.3 is 9.13 Å². The van der Waals surface area contributed by atoms with E-state index in [-0.39, 0.29) is 10.8 Å². The predicted octanol–water partition coefficient (Wildman–Crippen LogP) is 14.7. The number of hydrogen-bond donors (Lipinski definition) is 0. The smallest absolute Gasteiger partial charge is 0.0581 e. The van der Waals surface area contributed by atoms with E-state index in [4.69, 9.17) is 0 Å². The van der Waals surface area contributed by atoms with Gasteiger partial charge in [0.2, 0.25) is 0 Å². The van der Waals surface area contributed by atoms with Crippen LogP contribution in [0, 0.1) is 0 Å². The molecule has 2 heteroatoms. The average Bonchev–Trinajstić information content (AvgIpc) is 3.74. The molecule has 0 unspecified atom stereocenters. The summed E-state index contributed by atoms with van der Waals surface area (Å²) < 4.78 is 5.13. The third-order valence-corrected chi connectivity index (χ3v) is 12.9. The third kappa shape index (κ3) is 4.81. The molecule has 56 heavy (non-hydrogen) atoms. The molecule has 1 aliphatic carbocycles. The molecule has 8 aromatic carbocycles. The van der Waals surface area contributed by atoms with Gasteiger partial charge >= 0.3 is 0 Å². The molecule has 0 saturated heterocycles. The fourth-order valence-electron chi connectivity index (χ4n) is 10.0. The fraction of sp³-hybridized carbons (Fsp3) is 0.148. The van der Waals surface area contributed by atoms with E-state index in [1.807, 2.05) is 0 Å². The number of rotatable bonds is 4. The Labute approximate surface area is 328 Å². The summed E-state index contributed by atoms with van der Waals surface area (Å²) in [6.45, 7) is 9.79. The Morgan fingerprint density at radius 2 is 1.07 bits per heavy atom. The van der Waals surface area contributed by atoms with E-state index in [2.05, 4.69) is 207 Å². The quantitative estimate of drug-likeness (QED) is 0.171. The van der Waals surface area contributed by atoms with Crippen LogP contribution >= 0.6 is 0 Å². The van der Waals surface area contributed by atoms with Crippen LogP contribution in [-0.2, 0) is 10.8 Å². The van der Waals surface area contributed by atoms with Crippen LogP contribution in [-0.4, -0.2) is 9.13 Å². The van der Waals surface area contributed by atoms with Crippen LogP contribution in [0.25, 0.3) is 88.0 Å². The fourth-order valence-corrected chi connectivity index (χ4v) is 10.0. The summed E-state index contributed by atoms with van der Waals surface area (Å²) in [6, 6.07) is 63.2. The van der Waals surface area contributed by atoms with E-state index in [0.29, 0.717) is 0 Å². The SMILES string of the molecule is CC1(C)CCC(C)(C)c2c1ccc1c3cc4c(cc3n(-c3ccccc3)c21)c1c2ccccc2ccc1n4-c1ccc(-c2ccccc2)cc1-c1ccccc1. The molecule has 10 aromatic rings. The minimum absolute atomic E-state index is 0.0356. The lowest BCUT2D eigenvalue weighted by atomic mass is 9.62. The lowest BCUT2D eigenvalue weighted by Crippen LogP contribution is -2.34. The Morgan fingerprint density at radius 1 is 0.429 bits per heavy atom. The van der Waals surface area contributed by atoms with Crippen molar-refractivity contribution in [2.24, 2.45) is 0 Å². The van der Waals surface area contributed by atoms with E-state index in [9.17, 15) is 0 Å². The van der Waals surface area contributed by atoms with Crippen molar-refractivity contribution in [1.29, 1.82) is 0 Å². The van der Waals surface area contributed by atoms with Crippen molar-refractivity contribution in [3.63, 3.8) is 0 Å². The maximum Gasteiger partial charge on any atom is 0.0581 e.